The average Bonchev–Trinajstić information content (AvgIpc) is 2.54. The van der Waals surface area contributed by atoms with Crippen molar-refractivity contribution in [2.45, 2.75) is 11.8 Å². The molecule has 2 N–H and O–H groups in total. The third-order valence-electron chi connectivity index (χ3n) is 2.87. The van der Waals surface area contributed by atoms with Gasteiger partial charge in [0.25, 0.3) is 0 Å². The van der Waals surface area contributed by atoms with Gasteiger partial charge in [-0.05, 0) is 55.5 Å². The topological polar surface area (TPSA) is 33.3 Å². The lowest BCUT2D eigenvalue weighted by Gasteiger charge is -2.11. The predicted molar refractivity (Wildman–Crippen MR) is 104 cm³/mol. The van der Waals surface area contributed by atoms with E-state index in [0.29, 0.717) is 11.7 Å². The van der Waals surface area contributed by atoms with E-state index in [0.717, 1.165) is 28.8 Å². The Bertz CT molecular complexity index is 635. The second-order valence-corrected chi connectivity index (χ2v) is 6.66. The van der Waals surface area contributed by atoms with Crippen LogP contribution in [0.15, 0.2) is 53.4 Å². The van der Waals surface area contributed by atoms with Gasteiger partial charge in [-0.2, -0.15) is 0 Å². The van der Waals surface area contributed by atoms with Crippen molar-refractivity contribution in [1.82, 2.24) is 5.32 Å². The van der Waals surface area contributed by atoms with Crippen LogP contribution >= 0.6 is 35.6 Å². The van der Waals surface area contributed by atoms with Crippen LogP contribution in [-0.2, 0) is 0 Å². The van der Waals surface area contributed by atoms with Gasteiger partial charge >= 0.3 is 0 Å². The van der Waals surface area contributed by atoms with Gasteiger partial charge < -0.3 is 15.4 Å². The lowest BCUT2D eigenvalue weighted by molar-refractivity contribution is 0.340. The van der Waals surface area contributed by atoms with Crippen LogP contribution in [0, 0.1) is 0 Å². The van der Waals surface area contributed by atoms with Gasteiger partial charge in [0.15, 0.2) is 5.11 Å². The molecule has 0 spiro atoms. The van der Waals surface area contributed by atoms with Crippen LogP contribution in [0.3, 0.4) is 0 Å². The van der Waals surface area contributed by atoms with Gasteiger partial charge in [-0.1, -0.05) is 17.7 Å². The third-order valence-corrected chi connectivity index (χ3v) is 4.39. The summed E-state index contributed by atoms with van der Waals surface area (Å²) in [5.74, 6) is 1.75. The molecule has 2 rings (SSSR count). The number of hydrogen-bond donors (Lipinski definition) is 2. The number of ether oxygens (including phenoxy) is 1. The number of thiocarbonyl (C=S) groups is 1. The molecule has 0 amide bonds. The predicted octanol–water partition coefficient (Wildman–Crippen LogP) is 4.82. The second kappa shape index (κ2) is 9.65. The summed E-state index contributed by atoms with van der Waals surface area (Å²) in [5.41, 5.74) is 0.916. The van der Waals surface area contributed by atoms with Gasteiger partial charge in [-0.15, -0.1) is 11.8 Å². The highest BCUT2D eigenvalue weighted by Crippen LogP contribution is 2.20. The van der Waals surface area contributed by atoms with Crippen molar-refractivity contribution >= 4 is 46.4 Å². The van der Waals surface area contributed by atoms with E-state index < -0.39 is 0 Å². The Balaban J connectivity index is 1.70. The summed E-state index contributed by atoms with van der Waals surface area (Å²) in [5, 5.41) is 7.72. The van der Waals surface area contributed by atoms with Crippen molar-refractivity contribution in [2.75, 3.05) is 24.2 Å². The minimum atomic E-state index is 0.607. The zero-order valence-electron chi connectivity index (χ0n) is 12.8. The van der Waals surface area contributed by atoms with Crippen molar-refractivity contribution in [2.24, 2.45) is 0 Å². The Morgan fingerprint density at radius 1 is 1.22 bits per heavy atom. The molecule has 0 aliphatic carbocycles. The highest BCUT2D eigenvalue weighted by atomic mass is 35.5. The van der Waals surface area contributed by atoms with Crippen LogP contribution in [-0.4, -0.2) is 24.0 Å². The molecular weight excluding hydrogens is 348 g/mol. The first-order valence-corrected chi connectivity index (χ1v) is 9.10. The van der Waals surface area contributed by atoms with E-state index in [1.807, 2.05) is 55.5 Å². The maximum Gasteiger partial charge on any atom is 0.170 e. The van der Waals surface area contributed by atoms with E-state index in [-0.39, 0.29) is 0 Å². The molecule has 0 unspecified atom stereocenters. The molecule has 0 fully saturated rings. The van der Waals surface area contributed by atoms with Crippen molar-refractivity contribution in [3.8, 4) is 5.75 Å². The minimum absolute atomic E-state index is 0.607. The quantitative estimate of drug-likeness (QED) is 0.417. The molecule has 0 bridgehead atoms. The van der Waals surface area contributed by atoms with Crippen LogP contribution in [0.1, 0.15) is 6.92 Å². The number of hydrogen-bond acceptors (Lipinski definition) is 3. The lowest BCUT2D eigenvalue weighted by Crippen LogP contribution is -2.30. The molecule has 0 aromatic heterocycles. The smallest absolute Gasteiger partial charge is 0.170 e. The van der Waals surface area contributed by atoms with Crippen LogP contribution in [0.25, 0.3) is 0 Å². The maximum absolute atomic E-state index is 5.87. The van der Waals surface area contributed by atoms with E-state index in [2.05, 4.69) is 10.6 Å². The molecule has 0 aliphatic rings. The molecular formula is C17H19ClN2OS2. The number of rotatable bonds is 7. The van der Waals surface area contributed by atoms with Crippen molar-refractivity contribution in [3.05, 3.63) is 53.6 Å². The maximum atomic E-state index is 5.87. The number of benzene rings is 2. The van der Waals surface area contributed by atoms with E-state index >= 15 is 0 Å². The van der Waals surface area contributed by atoms with Gasteiger partial charge in [0.2, 0.25) is 0 Å². The highest BCUT2D eigenvalue weighted by Gasteiger charge is 2.00. The minimum Gasteiger partial charge on any atom is -0.494 e. The number of anilines is 1. The number of halogens is 1. The molecule has 0 radical (unpaired) electrons. The van der Waals surface area contributed by atoms with Crippen LogP contribution < -0.4 is 15.4 Å². The molecule has 0 heterocycles. The van der Waals surface area contributed by atoms with Crippen LogP contribution in [0.5, 0.6) is 5.75 Å². The van der Waals surface area contributed by atoms with E-state index in [4.69, 9.17) is 28.6 Å². The molecule has 23 heavy (non-hydrogen) atoms. The fourth-order valence-corrected chi connectivity index (χ4v) is 2.98. The molecule has 2 aromatic carbocycles. The molecule has 122 valence electrons. The number of nitrogens with one attached hydrogen (secondary N) is 2. The molecule has 0 saturated heterocycles. The molecule has 2 aromatic rings. The van der Waals surface area contributed by atoms with Crippen molar-refractivity contribution in [3.63, 3.8) is 0 Å². The molecule has 3 nitrogen and oxygen atoms in total. The fourth-order valence-electron chi connectivity index (χ4n) is 1.87. The van der Waals surface area contributed by atoms with Crippen LogP contribution in [0.2, 0.25) is 5.02 Å². The highest BCUT2D eigenvalue weighted by molar-refractivity contribution is 7.99. The standard InChI is InChI=1S/C17H19ClN2OS2/c1-2-21-15-5-3-4-14(12-15)20-17(22)19-10-11-23-16-8-6-13(18)7-9-16/h3-9,12H,2,10-11H2,1H3,(H2,19,20,22). The van der Waals surface area contributed by atoms with Crippen LogP contribution in [0.4, 0.5) is 5.69 Å². The average molecular weight is 367 g/mol. The zero-order chi connectivity index (χ0) is 16.5. The van der Waals surface area contributed by atoms with E-state index in [1.165, 1.54) is 4.90 Å². The Labute approximate surface area is 151 Å². The molecule has 0 atom stereocenters. The monoisotopic (exact) mass is 366 g/mol. The summed E-state index contributed by atoms with van der Waals surface area (Å²) in [4.78, 5) is 1.19. The Morgan fingerprint density at radius 2 is 2.00 bits per heavy atom. The SMILES string of the molecule is CCOc1cccc(NC(=S)NCCSc2ccc(Cl)cc2)c1. The molecule has 6 heteroatoms. The Hall–Kier alpha value is -1.43. The third kappa shape index (κ3) is 6.69. The zero-order valence-corrected chi connectivity index (χ0v) is 15.2. The van der Waals surface area contributed by atoms with Crippen molar-refractivity contribution in [1.29, 1.82) is 0 Å². The molecule has 0 aliphatic heterocycles. The van der Waals surface area contributed by atoms with E-state index in [9.17, 15) is 0 Å². The summed E-state index contributed by atoms with van der Waals surface area (Å²) in [6.45, 7) is 3.39. The van der Waals surface area contributed by atoms with Gasteiger partial charge in [-0.3, -0.25) is 0 Å². The van der Waals surface area contributed by atoms with Gasteiger partial charge in [0.05, 0.1) is 6.61 Å². The van der Waals surface area contributed by atoms with E-state index in [1.54, 1.807) is 11.8 Å². The summed E-state index contributed by atoms with van der Waals surface area (Å²) in [7, 11) is 0. The summed E-state index contributed by atoms with van der Waals surface area (Å²) >= 11 is 12.9. The Morgan fingerprint density at radius 3 is 2.74 bits per heavy atom. The summed E-state index contributed by atoms with van der Waals surface area (Å²) in [6.07, 6.45) is 0. The molecule has 0 saturated carbocycles. The summed E-state index contributed by atoms with van der Waals surface area (Å²) < 4.78 is 5.47. The van der Waals surface area contributed by atoms with Gasteiger partial charge in [0, 0.05) is 34.0 Å². The first kappa shape index (κ1) is 17.9. The van der Waals surface area contributed by atoms with Gasteiger partial charge in [0.1, 0.15) is 5.75 Å². The van der Waals surface area contributed by atoms with Gasteiger partial charge in [-0.25, -0.2) is 0 Å². The lowest BCUT2D eigenvalue weighted by atomic mass is 10.3. The Kier molecular flexibility index (Phi) is 7.52. The fraction of sp³-hybridized carbons (Fsp3) is 0.235. The summed E-state index contributed by atoms with van der Waals surface area (Å²) in [6, 6.07) is 15.6. The number of thioether (sulfide) groups is 1. The first-order valence-electron chi connectivity index (χ1n) is 7.33. The second-order valence-electron chi connectivity index (χ2n) is 4.64. The van der Waals surface area contributed by atoms with Crippen molar-refractivity contribution < 1.29 is 4.74 Å². The largest absolute Gasteiger partial charge is 0.494 e. The first-order chi connectivity index (χ1) is 11.2. The normalized spacial score (nSPS) is 10.2.